The largest absolute Gasteiger partial charge is 0.321 e. The van der Waals surface area contributed by atoms with Crippen LogP contribution in [0.25, 0.3) is 22.3 Å². The average Bonchev–Trinajstić information content (AvgIpc) is 2.68. The van der Waals surface area contributed by atoms with Crippen LogP contribution in [0.4, 0.5) is 5.69 Å². The van der Waals surface area contributed by atoms with Crippen LogP contribution in [0.15, 0.2) is 77.6 Å². The van der Waals surface area contributed by atoms with Gasteiger partial charge in [0.05, 0.1) is 27.3 Å². The number of rotatable bonds is 3. The molecule has 1 aromatic heterocycles. The molecule has 0 radical (unpaired) electrons. The SMILES string of the molecule is O=C(Nc1ccccc1-c1nc2ccccc2[nH]c1=O)c1ccccc1Cl. The molecular weight excluding hydrogens is 362 g/mol. The Labute approximate surface area is 159 Å². The van der Waals surface area contributed by atoms with Gasteiger partial charge < -0.3 is 10.3 Å². The molecule has 0 aliphatic carbocycles. The monoisotopic (exact) mass is 375 g/mol. The number of halogens is 1. The number of amides is 1. The lowest BCUT2D eigenvalue weighted by molar-refractivity contribution is 0.102. The van der Waals surface area contributed by atoms with Crippen molar-refractivity contribution in [2.45, 2.75) is 0 Å². The van der Waals surface area contributed by atoms with Crippen molar-refractivity contribution in [3.8, 4) is 11.3 Å². The molecule has 0 bridgehead atoms. The van der Waals surface area contributed by atoms with E-state index in [1.165, 1.54) is 0 Å². The van der Waals surface area contributed by atoms with Crippen LogP contribution in [0.5, 0.6) is 0 Å². The van der Waals surface area contributed by atoms with Crippen LogP contribution in [0.1, 0.15) is 10.4 Å². The highest BCUT2D eigenvalue weighted by molar-refractivity contribution is 6.34. The van der Waals surface area contributed by atoms with Gasteiger partial charge in [0.15, 0.2) is 0 Å². The summed E-state index contributed by atoms with van der Waals surface area (Å²) >= 11 is 6.10. The van der Waals surface area contributed by atoms with Gasteiger partial charge in [-0.05, 0) is 30.3 Å². The Bertz CT molecular complexity index is 1220. The van der Waals surface area contributed by atoms with Crippen molar-refractivity contribution >= 4 is 34.2 Å². The molecule has 27 heavy (non-hydrogen) atoms. The van der Waals surface area contributed by atoms with Crippen molar-refractivity contribution in [2.24, 2.45) is 0 Å². The van der Waals surface area contributed by atoms with E-state index in [2.05, 4.69) is 15.3 Å². The molecule has 132 valence electrons. The van der Waals surface area contributed by atoms with Gasteiger partial charge in [-0.1, -0.05) is 54.1 Å². The lowest BCUT2D eigenvalue weighted by Crippen LogP contribution is -2.16. The van der Waals surface area contributed by atoms with Gasteiger partial charge >= 0.3 is 0 Å². The summed E-state index contributed by atoms with van der Waals surface area (Å²) in [6.45, 7) is 0. The highest BCUT2D eigenvalue weighted by Gasteiger charge is 2.15. The molecule has 0 atom stereocenters. The average molecular weight is 376 g/mol. The fraction of sp³-hybridized carbons (Fsp3) is 0. The Hall–Kier alpha value is -3.44. The molecule has 5 nitrogen and oxygen atoms in total. The third-order valence-corrected chi connectivity index (χ3v) is 4.48. The van der Waals surface area contributed by atoms with E-state index in [4.69, 9.17) is 11.6 Å². The van der Waals surface area contributed by atoms with Gasteiger partial charge in [-0.3, -0.25) is 9.59 Å². The first-order valence-electron chi connectivity index (χ1n) is 8.28. The molecule has 0 aliphatic rings. The molecule has 1 heterocycles. The molecule has 1 amide bonds. The second-order valence-electron chi connectivity index (χ2n) is 5.91. The van der Waals surface area contributed by atoms with Crippen LogP contribution in [0.2, 0.25) is 5.02 Å². The number of fused-ring (bicyclic) bond motifs is 1. The fourth-order valence-corrected chi connectivity index (χ4v) is 3.07. The summed E-state index contributed by atoms with van der Waals surface area (Å²) in [5.74, 6) is -0.356. The first-order valence-corrected chi connectivity index (χ1v) is 8.65. The van der Waals surface area contributed by atoms with E-state index in [1.54, 1.807) is 54.6 Å². The minimum absolute atomic E-state index is 0.240. The molecule has 4 rings (SSSR count). The Kier molecular flexibility index (Phi) is 4.44. The normalized spacial score (nSPS) is 10.7. The predicted molar refractivity (Wildman–Crippen MR) is 107 cm³/mol. The Balaban J connectivity index is 1.78. The summed E-state index contributed by atoms with van der Waals surface area (Å²) in [6, 6.07) is 21.1. The minimum Gasteiger partial charge on any atom is -0.321 e. The summed E-state index contributed by atoms with van der Waals surface area (Å²) in [7, 11) is 0. The van der Waals surface area contributed by atoms with Crippen LogP contribution in [-0.2, 0) is 0 Å². The number of aromatic amines is 1. The minimum atomic E-state index is -0.356. The predicted octanol–water partition coefficient (Wildman–Crippen LogP) is 4.50. The van der Waals surface area contributed by atoms with Gasteiger partial charge in [-0.25, -0.2) is 4.98 Å². The van der Waals surface area contributed by atoms with Crippen molar-refractivity contribution in [1.82, 2.24) is 9.97 Å². The van der Waals surface area contributed by atoms with Crippen molar-refractivity contribution < 1.29 is 4.79 Å². The van der Waals surface area contributed by atoms with Crippen LogP contribution >= 0.6 is 11.6 Å². The summed E-state index contributed by atoms with van der Waals surface area (Å²) in [6.07, 6.45) is 0. The van der Waals surface area contributed by atoms with Crippen molar-refractivity contribution in [3.63, 3.8) is 0 Å². The number of nitrogens with one attached hydrogen (secondary N) is 2. The van der Waals surface area contributed by atoms with Crippen LogP contribution < -0.4 is 10.9 Å². The topological polar surface area (TPSA) is 74.8 Å². The van der Waals surface area contributed by atoms with Crippen LogP contribution in [0.3, 0.4) is 0 Å². The first kappa shape index (κ1) is 17.0. The van der Waals surface area contributed by atoms with Crippen LogP contribution in [-0.4, -0.2) is 15.9 Å². The smallest absolute Gasteiger partial charge is 0.275 e. The molecule has 0 aliphatic heterocycles. The van der Waals surface area contributed by atoms with Gasteiger partial charge in [0, 0.05) is 5.56 Å². The standard InChI is InChI=1S/C21H14ClN3O2/c22-15-9-3-1-7-13(15)20(26)24-16-10-4-2-8-14(16)19-21(27)25-18-12-6-5-11-17(18)23-19/h1-12H,(H,24,26)(H,25,27). The molecule has 4 aromatic rings. The number of anilines is 1. The molecule has 6 heteroatoms. The van der Waals surface area contributed by atoms with Crippen LogP contribution in [0, 0.1) is 0 Å². The maximum Gasteiger partial charge on any atom is 0.275 e. The maximum absolute atomic E-state index is 12.6. The number of benzene rings is 3. The van der Waals surface area contributed by atoms with Crippen molar-refractivity contribution in [3.05, 3.63) is 93.7 Å². The second-order valence-corrected chi connectivity index (χ2v) is 6.32. The third kappa shape index (κ3) is 3.32. The van der Waals surface area contributed by atoms with Gasteiger partial charge in [-0.2, -0.15) is 0 Å². The number of aromatic nitrogens is 2. The van der Waals surface area contributed by atoms with E-state index in [0.29, 0.717) is 32.9 Å². The fourth-order valence-electron chi connectivity index (χ4n) is 2.85. The van der Waals surface area contributed by atoms with E-state index in [1.807, 2.05) is 18.2 Å². The van der Waals surface area contributed by atoms with Gasteiger partial charge in [-0.15, -0.1) is 0 Å². The molecule has 0 saturated heterocycles. The summed E-state index contributed by atoms with van der Waals surface area (Å²) in [4.78, 5) is 32.5. The number of H-pyrrole nitrogens is 1. The first-order chi connectivity index (χ1) is 13.1. The zero-order valence-corrected chi connectivity index (χ0v) is 14.8. The Morgan fingerprint density at radius 2 is 1.63 bits per heavy atom. The lowest BCUT2D eigenvalue weighted by atomic mass is 10.1. The van der Waals surface area contributed by atoms with Crippen molar-refractivity contribution in [2.75, 3.05) is 5.32 Å². The summed E-state index contributed by atoms with van der Waals surface area (Å²) in [5.41, 5.74) is 2.61. The maximum atomic E-state index is 12.6. The Morgan fingerprint density at radius 1 is 0.926 bits per heavy atom. The van der Waals surface area contributed by atoms with E-state index >= 15 is 0 Å². The summed E-state index contributed by atoms with van der Waals surface area (Å²) < 4.78 is 0. The van der Waals surface area contributed by atoms with Gasteiger partial charge in [0.1, 0.15) is 5.69 Å². The van der Waals surface area contributed by atoms with Gasteiger partial charge in [0.25, 0.3) is 11.5 Å². The molecule has 0 unspecified atom stereocenters. The van der Waals surface area contributed by atoms with E-state index in [9.17, 15) is 9.59 Å². The summed E-state index contributed by atoms with van der Waals surface area (Å²) in [5, 5.41) is 3.18. The zero-order chi connectivity index (χ0) is 18.8. The highest BCUT2D eigenvalue weighted by atomic mass is 35.5. The molecule has 0 saturated carbocycles. The van der Waals surface area contributed by atoms with Crippen molar-refractivity contribution in [1.29, 1.82) is 0 Å². The molecular formula is C21H14ClN3O2. The number of hydrogen-bond donors (Lipinski definition) is 2. The molecule has 2 N–H and O–H groups in total. The lowest BCUT2D eigenvalue weighted by Gasteiger charge is -2.11. The Morgan fingerprint density at radius 3 is 2.48 bits per heavy atom. The molecule has 3 aromatic carbocycles. The number of nitrogens with zero attached hydrogens (tertiary/aromatic N) is 1. The van der Waals surface area contributed by atoms with Gasteiger partial charge in [0.2, 0.25) is 0 Å². The van der Waals surface area contributed by atoms with E-state index in [0.717, 1.165) is 0 Å². The number of carbonyl (C=O) groups excluding carboxylic acids is 1. The molecule has 0 spiro atoms. The number of para-hydroxylation sites is 3. The molecule has 0 fully saturated rings. The quantitative estimate of drug-likeness (QED) is 0.553. The zero-order valence-electron chi connectivity index (χ0n) is 14.1. The van der Waals surface area contributed by atoms with E-state index in [-0.39, 0.29) is 17.2 Å². The third-order valence-electron chi connectivity index (χ3n) is 4.15. The second kappa shape index (κ2) is 7.05. The number of hydrogen-bond acceptors (Lipinski definition) is 3. The number of carbonyl (C=O) groups is 1. The van der Waals surface area contributed by atoms with E-state index < -0.39 is 0 Å². The highest BCUT2D eigenvalue weighted by Crippen LogP contribution is 2.26.